The lowest BCUT2D eigenvalue weighted by Gasteiger charge is -2.31. The van der Waals surface area contributed by atoms with Crippen molar-refractivity contribution in [3.8, 4) is 11.5 Å². The highest BCUT2D eigenvalue weighted by atomic mass is 16.6. The third-order valence-electron chi connectivity index (χ3n) is 5.53. The van der Waals surface area contributed by atoms with Crippen LogP contribution in [0.5, 0.6) is 11.5 Å². The fraction of sp³-hybridized carbons (Fsp3) is 0.440. The average Bonchev–Trinajstić information content (AvgIpc) is 2.76. The molecule has 0 spiro atoms. The number of carboxylic acids is 1. The molecule has 1 atom stereocenters. The van der Waals surface area contributed by atoms with Crippen LogP contribution in [-0.4, -0.2) is 54.5 Å². The highest BCUT2D eigenvalue weighted by Crippen LogP contribution is 2.27. The van der Waals surface area contributed by atoms with E-state index >= 15 is 0 Å². The first-order chi connectivity index (χ1) is 15.5. The number of benzene rings is 2. The zero-order valence-electron chi connectivity index (χ0n) is 18.4. The van der Waals surface area contributed by atoms with E-state index in [1.807, 2.05) is 30.3 Å². The highest BCUT2D eigenvalue weighted by molar-refractivity contribution is 5.72. The van der Waals surface area contributed by atoms with Crippen molar-refractivity contribution in [1.29, 1.82) is 0 Å². The van der Waals surface area contributed by atoms with Gasteiger partial charge in [0.25, 0.3) is 0 Å². The molecule has 7 nitrogen and oxygen atoms in total. The first-order valence-corrected chi connectivity index (χ1v) is 11.1. The fourth-order valence-corrected chi connectivity index (χ4v) is 3.53. The fourth-order valence-electron chi connectivity index (χ4n) is 3.53. The summed E-state index contributed by atoms with van der Waals surface area (Å²) in [6.45, 7) is 3.56. The van der Waals surface area contributed by atoms with Crippen LogP contribution in [0.15, 0.2) is 54.6 Å². The lowest BCUT2D eigenvalue weighted by atomic mass is 9.85. The van der Waals surface area contributed by atoms with Crippen LogP contribution >= 0.6 is 0 Å². The number of nitrogens with zero attached hydrogens (tertiary/aromatic N) is 1. The van der Waals surface area contributed by atoms with E-state index in [1.165, 1.54) is 6.42 Å². The molecule has 172 valence electrons. The topological polar surface area (TPSA) is 85.3 Å². The van der Waals surface area contributed by atoms with Gasteiger partial charge in [-0.1, -0.05) is 36.8 Å². The van der Waals surface area contributed by atoms with E-state index in [-0.39, 0.29) is 6.09 Å². The van der Waals surface area contributed by atoms with E-state index < -0.39 is 12.1 Å². The summed E-state index contributed by atoms with van der Waals surface area (Å²) in [5, 5.41) is 9.22. The van der Waals surface area contributed by atoms with Gasteiger partial charge in [0.15, 0.2) is 6.10 Å². The molecule has 1 N–H and O–H groups in total. The Bertz CT molecular complexity index is 850. The van der Waals surface area contributed by atoms with Crippen LogP contribution in [-0.2, 0) is 16.0 Å². The van der Waals surface area contributed by atoms with Crippen LogP contribution in [0.1, 0.15) is 31.7 Å². The lowest BCUT2D eigenvalue weighted by molar-refractivity contribution is -0.149. The summed E-state index contributed by atoms with van der Waals surface area (Å²) in [6, 6.07) is 16.3. The Morgan fingerprint density at radius 1 is 1.06 bits per heavy atom. The van der Waals surface area contributed by atoms with Crippen LogP contribution in [0.4, 0.5) is 4.79 Å². The average molecular weight is 442 g/mol. The largest absolute Gasteiger partial charge is 0.492 e. The quantitative estimate of drug-likeness (QED) is 0.526. The van der Waals surface area contributed by atoms with Gasteiger partial charge in [-0.3, -0.25) is 0 Å². The Balaban J connectivity index is 1.51. The Kier molecular flexibility index (Phi) is 8.92. The smallest absolute Gasteiger partial charge is 0.415 e. The van der Waals surface area contributed by atoms with E-state index in [9.17, 15) is 14.7 Å². The molecule has 1 saturated carbocycles. The van der Waals surface area contributed by atoms with Crippen LogP contribution in [0.25, 0.3) is 0 Å². The van der Waals surface area contributed by atoms with Crippen LogP contribution < -0.4 is 9.47 Å². The Morgan fingerprint density at radius 2 is 1.78 bits per heavy atom. The molecule has 1 aliphatic carbocycles. The number of hydrogen-bond acceptors (Lipinski definition) is 5. The number of amides is 1. The molecule has 7 heteroatoms. The molecule has 1 amide bonds. The number of rotatable bonds is 12. The zero-order valence-corrected chi connectivity index (χ0v) is 18.4. The molecule has 0 radical (unpaired) electrons. The van der Waals surface area contributed by atoms with E-state index in [0.29, 0.717) is 50.1 Å². The second-order valence-electron chi connectivity index (χ2n) is 7.90. The summed E-state index contributed by atoms with van der Waals surface area (Å²) in [5.41, 5.74) is 0.858. The summed E-state index contributed by atoms with van der Waals surface area (Å²) in [6.07, 6.45) is 2.55. The molecule has 0 aliphatic heterocycles. The molecule has 2 aromatic carbocycles. The number of carbonyl (C=O) groups excluding carboxylic acids is 1. The molecule has 32 heavy (non-hydrogen) atoms. The second kappa shape index (κ2) is 12.1. The minimum absolute atomic E-state index is 0.296. The maximum atomic E-state index is 12.7. The summed E-state index contributed by atoms with van der Waals surface area (Å²) < 4.78 is 16.6. The normalized spacial score (nSPS) is 14.3. The molecular weight excluding hydrogens is 410 g/mol. The Morgan fingerprint density at radius 3 is 2.38 bits per heavy atom. The molecule has 1 aliphatic rings. The summed E-state index contributed by atoms with van der Waals surface area (Å²) in [7, 11) is 0. The van der Waals surface area contributed by atoms with E-state index in [1.54, 1.807) is 36.1 Å². The molecule has 0 aromatic heterocycles. The van der Waals surface area contributed by atoms with Crippen molar-refractivity contribution in [2.45, 2.75) is 38.7 Å². The minimum Gasteiger partial charge on any atom is -0.492 e. The van der Waals surface area contributed by atoms with Crippen molar-refractivity contribution >= 4 is 12.1 Å². The van der Waals surface area contributed by atoms with Gasteiger partial charge in [-0.05, 0) is 55.5 Å². The van der Waals surface area contributed by atoms with Crippen molar-refractivity contribution in [2.75, 3.05) is 26.3 Å². The van der Waals surface area contributed by atoms with Crippen molar-refractivity contribution in [3.05, 3.63) is 60.2 Å². The third-order valence-corrected chi connectivity index (χ3v) is 5.53. The summed E-state index contributed by atoms with van der Waals surface area (Å²) in [4.78, 5) is 25.6. The number of para-hydroxylation sites is 1. The van der Waals surface area contributed by atoms with Gasteiger partial charge in [0, 0.05) is 19.6 Å². The van der Waals surface area contributed by atoms with Crippen LogP contribution in [0, 0.1) is 5.92 Å². The highest BCUT2D eigenvalue weighted by Gasteiger charge is 2.25. The maximum Gasteiger partial charge on any atom is 0.415 e. The third kappa shape index (κ3) is 7.27. The van der Waals surface area contributed by atoms with E-state index in [4.69, 9.17) is 14.2 Å². The molecule has 0 bridgehead atoms. The zero-order chi connectivity index (χ0) is 22.8. The molecule has 2 aromatic rings. The Hall–Kier alpha value is -3.06. The summed E-state index contributed by atoms with van der Waals surface area (Å²) in [5.74, 6) is 0.739. The second-order valence-corrected chi connectivity index (χ2v) is 7.90. The van der Waals surface area contributed by atoms with Gasteiger partial charge in [0.05, 0.1) is 6.54 Å². The van der Waals surface area contributed by atoms with Crippen LogP contribution in [0.2, 0.25) is 0 Å². The SMILES string of the molecule is CCOC(Cc1ccc(OCCN(CC2CCC2)C(=O)Oc2ccccc2)cc1)C(=O)O. The van der Waals surface area contributed by atoms with Crippen molar-refractivity contribution in [1.82, 2.24) is 4.90 Å². The number of ether oxygens (including phenoxy) is 3. The standard InChI is InChI=1S/C25H31NO6/c1-2-30-23(24(27)28)17-19-11-13-21(14-12-19)31-16-15-26(18-20-7-6-8-20)25(29)32-22-9-4-3-5-10-22/h3-5,9-14,20,23H,2,6-8,15-18H2,1H3,(H,27,28). The van der Waals surface area contributed by atoms with E-state index in [2.05, 4.69) is 0 Å². The molecule has 0 heterocycles. The van der Waals surface area contributed by atoms with Crippen LogP contribution in [0.3, 0.4) is 0 Å². The Labute approximate surface area is 188 Å². The predicted molar refractivity (Wildman–Crippen MR) is 120 cm³/mol. The van der Waals surface area contributed by atoms with E-state index in [0.717, 1.165) is 18.4 Å². The van der Waals surface area contributed by atoms with Crippen molar-refractivity contribution in [3.63, 3.8) is 0 Å². The lowest BCUT2D eigenvalue weighted by Crippen LogP contribution is -2.41. The number of carboxylic acid groups (broad SMARTS) is 1. The first kappa shape index (κ1) is 23.6. The number of aliphatic carboxylic acids is 1. The molecule has 1 unspecified atom stereocenters. The summed E-state index contributed by atoms with van der Waals surface area (Å²) >= 11 is 0. The predicted octanol–water partition coefficient (Wildman–Crippen LogP) is 4.40. The van der Waals surface area contributed by atoms with Gasteiger partial charge in [-0.2, -0.15) is 0 Å². The molecule has 1 fully saturated rings. The molecule has 0 saturated heterocycles. The van der Waals surface area contributed by atoms with Gasteiger partial charge in [-0.15, -0.1) is 0 Å². The molecule has 3 rings (SSSR count). The van der Waals surface area contributed by atoms with Gasteiger partial charge >= 0.3 is 12.1 Å². The maximum absolute atomic E-state index is 12.7. The van der Waals surface area contributed by atoms with Crippen molar-refractivity contribution in [2.24, 2.45) is 5.92 Å². The van der Waals surface area contributed by atoms with Gasteiger partial charge < -0.3 is 24.2 Å². The number of hydrogen-bond donors (Lipinski definition) is 1. The first-order valence-electron chi connectivity index (χ1n) is 11.1. The number of carbonyl (C=O) groups is 2. The van der Waals surface area contributed by atoms with Gasteiger partial charge in [0.1, 0.15) is 18.1 Å². The minimum atomic E-state index is -0.971. The van der Waals surface area contributed by atoms with Gasteiger partial charge in [-0.25, -0.2) is 9.59 Å². The molecular formula is C25H31NO6. The monoisotopic (exact) mass is 441 g/mol. The van der Waals surface area contributed by atoms with Crippen molar-refractivity contribution < 1.29 is 28.9 Å². The van der Waals surface area contributed by atoms with Gasteiger partial charge in [0.2, 0.25) is 0 Å².